The van der Waals surface area contributed by atoms with Gasteiger partial charge in [-0.2, -0.15) is 4.98 Å². The summed E-state index contributed by atoms with van der Waals surface area (Å²) in [6.07, 6.45) is 2.12. The molecule has 0 spiro atoms. The van der Waals surface area contributed by atoms with E-state index in [4.69, 9.17) is 15.2 Å². The second kappa shape index (κ2) is 8.14. The van der Waals surface area contributed by atoms with Crippen LogP contribution in [0.2, 0.25) is 0 Å². The van der Waals surface area contributed by atoms with Crippen LogP contribution >= 0.6 is 0 Å². The number of nitrogens with two attached hydrogens (primary N) is 1. The van der Waals surface area contributed by atoms with E-state index in [-0.39, 0.29) is 11.9 Å². The number of piperidine rings is 1. The van der Waals surface area contributed by atoms with Crippen molar-refractivity contribution in [3.8, 4) is 17.1 Å². The number of hydrogen-bond donors (Lipinski definition) is 1. The van der Waals surface area contributed by atoms with E-state index in [0.717, 1.165) is 31.5 Å². The quantitative estimate of drug-likeness (QED) is 0.883. The van der Waals surface area contributed by atoms with Gasteiger partial charge in [0.2, 0.25) is 11.8 Å². The molecule has 0 bridgehead atoms. The summed E-state index contributed by atoms with van der Waals surface area (Å²) in [7, 11) is 3.23. The van der Waals surface area contributed by atoms with Crippen molar-refractivity contribution in [3.05, 3.63) is 35.9 Å². The summed E-state index contributed by atoms with van der Waals surface area (Å²) in [6, 6.07) is 9.09. The van der Waals surface area contributed by atoms with Gasteiger partial charge in [-0.25, -0.2) is 4.98 Å². The van der Waals surface area contributed by atoms with Crippen molar-refractivity contribution in [1.82, 2.24) is 14.9 Å². The molecule has 1 saturated heterocycles. The van der Waals surface area contributed by atoms with Crippen molar-refractivity contribution in [2.45, 2.75) is 12.8 Å². The Morgan fingerprint density at radius 1 is 1.27 bits per heavy atom. The fourth-order valence-corrected chi connectivity index (χ4v) is 3.28. The second-order valence-electron chi connectivity index (χ2n) is 6.45. The van der Waals surface area contributed by atoms with Gasteiger partial charge in [-0.1, -0.05) is 12.1 Å². The molecule has 1 aliphatic rings. The van der Waals surface area contributed by atoms with Crippen LogP contribution in [0, 0.1) is 5.92 Å². The van der Waals surface area contributed by atoms with E-state index in [1.54, 1.807) is 13.2 Å². The van der Waals surface area contributed by atoms with Crippen LogP contribution in [-0.2, 0) is 4.74 Å². The summed E-state index contributed by atoms with van der Waals surface area (Å²) >= 11 is 0. The Hall–Kier alpha value is -2.67. The summed E-state index contributed by atoms with van der Waals surface area (Å²) in [6.45, 7) is 2.23. The largest absolute Gasteiger partial charge is 0.481 e. The number of nitrogen functional groups attached to an aromatic ring is 1. The molecule has 0 saturated carbocycles. The van der Waals surface area contributed by atoms with Gasteiger partial charge in [0, 0.05) is 37.4 Å². The third-order valence-corrected chi connectivity index (χ3v) is 4.57. The van der Waals surface area contributed by atoms with E-state index >= 15 is 0 Å². The molecule has 7 nitrogen and oxygen atoms in total. The zero-order valence-electron chi connectivity index (χ0n) is 15.1. The van der Waals surface area contributed by atoms with Crippen LogP contribution in [0.25, 0.3) is 11.3 Å². The van der Waals surface area contributed by atoms with E-state index in [9.17, 15) is 4.79 Å². The Morgan fingerprint density at radius 2 is 2.04 bits per heavy atom. The van der Waals surface area contributed by atoms with Crippen LogP contribution in [0.3, 0.4) is 0 Å². The Bertz CT molecular complexity index is 762. The minimum absolute atomic E-state index is 0.0529. The second-order valence-corrected chi connectivity index (χ2v) is 6.45. The topological polar surface area (TPSA) is 90.6 Å². The maximum Gasteiger partial charge on any atom is 0.253 e. The SMILES string of the molecule is COC[C@H]1CCCN(C(=O)c2ccc(-c3cc(OC)nc(N)n3)cc2)C1. The minimum Gasteiger partial charge on any atom is -0.481 e. The van der Waals surface area contributed by atoms with Crippen LogP contribution in [0.5, 0.6) is 5.88 Å². The zero-order chi connectivity index (χ0) is 18.5. The lowest BCUT2D eigenvalue weighted by Crippen LogP contribution is -2.41. The number of carbonyl (C=O) groups is 1. The number of amides is 1. The van der Waals surface area contributed by atoms with Crippen LogP contribution in [-0.4, -0.2) is 54.7 Å². The Balaban J connectivity index is 1.75. The number of likely N-dealkylation sites (tertiary alicyclic amines) is 1. The van der Waals surface area contributed by atoms with Crippen molar-refractivity contribution >= 4 is 11.9 Å². The first-order chi connectivity index (χ1) is 12.6. The van der Waals surface area contributed by atoms with E-state index in [1.165, 1.54) is 7.11 Å². The van der Waals surface area contributed by atoms with Gasteiger partial charge in [0.05, 0.1) is 19.4 Å². The first kappa shape index (κ1) is 18.1. The highest BCUT2D eigenvalue weighted by Gasteiger charge is 2.24. The predicted octanol–water partition coefficient (Wildman–Crippen LogP) is 2.23. The van der Waals surface area contributed by atoms with Gasteiger partial charge in [0.25, 0.3) is 5.91 Å². The molecule has 1 aliphatic heterocycles. The molecule has 7 heteroatoms. The third-order valence-electron chi connectivity index (χ3n) is 4.57. The molecule has 0 unspecified atom stereocenters. The normalized spacial score (nSPS) is 17.2. The monoisotopic (exact) mass is 356 g/mol. The Morgan fingerprint density at radius 3 is 2.73 bits per heavy atom. The van der Waals surface area contributed by atoms with Crippen molar-refractivity contribution in [2.24, 2.45) is 5.92 Å². The number of hydrogen-bond acceptors (Lipinski definition) is 6. The van der Waals surface area contributed by atoms with Crippen LogP contribution in [0.15, 0.2) is 30.3 Å². The van der Waals surface area contributed by atoms with E-state index in [2.05, 4.69) is 9.97 Å². The van der Waals surface area contributed by atoms with E-state index in [0.29, 0.717) is 29.7 Å². The molecule has 138 valence electrons. The first-order valence-electron chi connectivity index (χ1n) is 8.68. The highest BCUT2D eigenvalue weighted by molar-refractivity contribution is 5.94. The van der Waals surface area contributed by atoms with E-state index in [1.807, 2.05) is 29.2 Å². The number of ether oxygens (including phenoxy) is 2. The van der Waals surface area contributed by atoms with Gasteiger partial charge < -0.3 is 20.1 Å². The maximum absolute atomic E-state index is 12.8. The number of anilines is 1. The van der Waals surface area contributed by atoms with Crippen molar-refractivity contribution in [3.63, 3.8) is 0 Å². The van der Waals surface area contributed by atoms with Crippen LogP contribution in [0.4, 0.5) is 5.95 Å². The number of carbonyl (C=O) groups excluding carboxylic acids is 1. The third kappa shape index (κ3) is 4.11. The summed E-state index contributed by atoms with van der Waals surface area (Å²) in [5, 5.41) is 0. The highest BCUT2D eigenvalue weighted by Crippen LogP contribution is 2.23. The van der Waals surface area contributed by atoms with Gasteiger partial charge in [0.1, 0.15) is 0 Å². The van der Waals surface area contributed by atoms with Gasteiger partial charge in [-0.05, 0) is 30.9 Å². The number of nitrogens with zero attached hydrogens (tertiary/aromatic N) is 3. The van der Waals surface area contributed by atoms with Crippen LogP contribution < -0.4 is 10.5 Å². The van der Waals surface area contributed by atoms with Gasteiger partial charge in [0.15, 0.2) is 0 Å². The lowest BCUT2D eigenvalue weighted by Gasteiger charge is -2.32. The fraction of sp³-hybridized carbons (Fsp3) is 0.421. The number of benzene rings is 1. The smallest absolute Gasteiger partial charge is 0.253 e. The molecule has 26 heavy (non-hydrogen) atoms. The molecular weight excluding hydrogens is 332 g/mol. The number of methoxy groups -OCH3 is 2. The standard InChI is InChI=1S/C19H24N4O3/c1-25-12-13-4-3-9-23(11-13)18(24)15-7-5-14(6-8-15)16-10-17(26-2)22-19(20)21-16/h5-8,10,13H,3-4,9,11-12H2,1-2H3,(H2,20,21,22)/t13-/m0/s1. The van der Waals surface area contributed by atoms with Gasteiger partial charge >= 0.3 is 0 Å². The highest BCUT2D eigenvalue weighted by atomic mass is 16.5. The molecule has 1 aromatic heterocycles. The Kier molecular flexibility index (Phi) is 5.68. The molecule has 2 aromatic rings. The van der Waals surface area contributed by atoms with E-state index < -0.39 is 0 Å². The number of aromatic nitrogens is 2. The lowest BCUT2D eigenvalue weighted by atomic mass is 9.98. The molecular formula is C19H24N4O3. The maximum atomic E-state index is 12.8. The predicted molar refractivity (Wildman–Crippen MR) is 98.9 cm³/mol. The van der Waals surface area contributed by atoms with Crippen molar-refractivity contribution in [1.29, 1.82) is 0 Å². The van der Waals surface area contributed by atoms with Crippen molar-refractivity contribution < 1.29 is 14.3 Å². The summed E-state index contributed by atoms with van der Waals surface area (Å²) in [5.74, 6) is 1.02. The lowest BCUT2D eigenvalue weighted by molar-refractivity contribution is 0.0571. The molecule has 0 aliphatic carbocycles. The summed E-state index contributed by atoms with van der Waals surface area (Å²) < 4.78 is 10.4. The minimum atomic E-state index is 0.0529. The average Bonchev–Trinajstić information content (AvgIpc) is 2.67. The summed E-state index contributed by atoms with van der Waals surface area (Å²) in [4.78, 5) is 22.9. The van der Waals surface area contributed by atoms with Crippen LogP contribution in [0.1, 0.15) is 23.2 Å². The molecule has 0 radical (unpaired) electrons. The molecule has 2 heterocycles. The van der Waals surface area contributed by atoms with Gasteiger partial charge in [-0.15, -0.1) is 0 Å². The molecule has 2 N–H and O–H groups in total. The molecule has 1 amide bonds. The van der Waals surface area contributed by atoms with Crippen molar-refractivity contribution in [2.75, 3.05) is 39.6 Å². The molecule has 3 rings (SSSR count). The molecule has 1 aromatic carbocycles. The summed E-state index contributed by atoms with van der Waals surface area (Å²) in [5.41, 5.74) is 7.89. The first-order valence-corrected chi connectivity index (χ1v) is 8.68. The average molecular weight is 356 g/mol. The fourth-order valence-electron chi connectivity index (χ4n) is 3.28. The Labute approximate surface area is 153 Å². The molecule has 1 fully saturated rings. The zero-order valence-corrected chi connectivity index (χ0v) is 15.1. The van der Waals surface area contributed by atoms with Gasteiger partial charge in [-0.3, -0.25) is 4.79 Å². The number of rotatable bonds is 5. The molecule has 1 atom stereocenters.